The van der Waals surface area contributed by atoms with Crippen molar-refractivity contribution in [2.75, 3.05) is 19.6 Å². The minimum Gasteiger partial charge on any atom is -0.379 e. The van der Waals surface area contributed by atoms with Crippen molar-refractivity contribution in [3.63, 3.8) is 0 Å². The van der Waals surface area contributed by atoms with Crippen molar-refractivity contribution in [1.82, 2.24) is 15.5 Å². The molecular formula is C14H24F3N3O3. The largest absolute Gasteiger partial charge is 0.418 e. The van der Waals surface area contributed by atoms with Gasteiger partial charge in [0.1, 0.15) is 0 Å². The second-order valence-electron chi connectivity index (χ2n) is 6.37. The number of nitrogens with zero attached hydrogens (tertiary/aromatic N) is 1. The predicted molar refractivity (Wildman–Crippen MR) is 77.7 cm³/mol. The van der Waals surface area contributed by atoms with E-state index in [4.69, 9.17) is 0 Å². The SMILES string of the molecule is CC(C)CNC(=O)NC(=O)[C@H](C)N1CCC[C@@](O)(C(F)(F)F)C1. The Bertz CT molecular complexity index is 443. The van der Waals surface area contributed by atoms with Crippen molar-refractivity contribution < 1.29 is 27.9 Å². The number of imide groups is 1. The lowest BCUT2D eigenvalue weighted by atomic mass is 9.91. The van der Waals surface area contributed by atoms with E-state index in [-0.39, 0.29) is 18.9 Å². The van der Waals surface area contributed by atoms with Crippen LogP contribution in [0, 0.1) is 5.92 Å². The molecule has 0 aromatic heterocycles. The highest BCUT2D eigenvalue weighted by atomic mass is 19.4. The Kier molecular flexibility index (Phi) is 6.41. The number of halogens is 3. The minimum atomic E-state index is -4.75. The lowest BCUT2D eigenvalue weighted by Gasteiger charge is -2.42. The number of amides is 3. The van der Waals surface area contributed by atoms with Crippen LogP contribution < -0.4 is 10.6 Å². The Labute approximate surface area is 133 Å². The molecule has 1 fully saturated rings. The average molecular weight is 339 g/mol. The van der Waals surface area contributed by atoms with Gasteiger partial charge in [-0.05, 0) is 32.2 Å². The van der Waals surface area contributed by atoms with E-state index < -0.39 is 42.7 Å². The van der Waals surface area contributed by atoms with E-state index in [1.54, 1.807) is 0 Å². The first-order valence-corrected chi connectivity index (χ1v) is 7.58. The summed E-state index contributed by atoms with van der Waals surface area (Å²) in [6.07, 6.45) is -5.03. The van der Waals surface area contributed by atoms with Crippen molar-refractivity contribution in [3.05, 3.63) is 0 Å². The topological polar surface area (TPSA) is 81.7 Å². The van der Waals surface area contributed by atoms with Crippen LogP contribution >= 0.6 is 0 Å². The summed E-state index contributed by atoms with van der Waals surface area (Å²) in [5.74, 6) is -0.491. The van der Waals surface area contributed by atoms with E-state index in [2.05, 4.69) is 10.6 Å². The van der Waals surface area contributed by atoms with E-state index in [1.807, 2.05) is 13.8 Å². The molecule has 0 aliphatic carbocycles. The molecule has 0 spiro atoms. The van der Waals surface area contributed by atoms with Crippen molar-refractivity contribution in [1.29, 1.82) is 0 Å². The molecule has 1 aliphatic heterocycles. The quantitative estimate of drug-likeness (QED) is 0.720. The van der Waals surface area contributed by atoms with Gasteiger partial charge in [0.15, 0.2) is 5.60 Å². The number of rotatable bonds is 4. The second-order valence-corrected chi connectivity index (χ2v) is 6.37. The average Bonchev–Trinajstić information content (AvgIpc) is 2.43. The third-order valence-corrected chi connectivity index (χ3v) is 3.86. The summed E-state index contributed by atoms with van der Waals surface area (Å²) in [6.45, 7) is 5.13. The summed E-state index contributed by atoms with van der Waals surface area (Å²) < 4.78 is 38.7. The molecule has 2 atom stereocenters. The lowest BCUT2D eigenvalue weighted by molar-refractivity contribution is -0.275. The smallest absolute Gasteiger partial charge is 0.379 e. The van der Waals surface area contributed by atoms with Crippen LogP contribution in [0.5, 0.6) is 0 Å². The molecule has 3 N–H and O–H groups in total. The molecule has 0 saturated carbocycles. The fourth-order valence-corrected chi connectivity index (χ4v) is 2.35. The Hall–Kier alpha value is -1.35. The van der Waals surface area contributed by atoms with Gasteiger partial charge < -0.3 is 10.4 Å². The van der Waals surface area contributed by atoms with Crippen LogP contribution in [0.15, 0.2) is 0 Å². The number of carbonyl (C=O) groups excluding carboxylic acids is 2. The fraction of sp³-hybridized carbons (Fsp3) is 0.857. The summed E-state index contributed by atoms with van der Waals surface area (Å²) in [7, 11) is 0. The number of hydrogen-bond acceptors (Lipinski definition) is 4. The van der Waals surface area contributed by atoms with Gasteiger partial charge in [0.2, 0.25) is 5.91 Å². The molecular weight excluding hydrogens is 315 g/mol. The van der Waals surface area contributed by atoms with Crippen molar-refractivity contribution in [2.45, 2.75) is 51.4 Å². The first kappa shape index (κ1) is 19.7. The lowest BCUT2D eigenvalue weighted by Crippen LogP contribution is -2.61. The molecule has 1 rings (SSSR count). The standard InChI is InChI=1S/C14H24F3N3O3/c1-9(2)7-18-12(22)19-11(21)10(3)20-6-4-5-13(23,8-20)14(15,16)17/h9-10,23H,4-8H2,1-3H3,(H2,18,19,21,22)/t10-,13-/m0/s1. The zero-order valence-corrected chi connectivity index (χ0v) is 13.5. The maximum Gasteiger partial charge on any atom is 0.418 e. The molecule has 134 valence electrons. The van der Waals surface area contributed by atoms with Crippen LogP contribution in [0.3, 0.4) is 0 Å². The number of nitrogens with one attached hydrogen (secondary N) is 2. The highest BCUT2D eigenvalue weighted by molar-refractivity contribution is 5.96. The number of piperidine rings is 1. The second kappa shape index (κ2) is 7.48. The minimum absolute atomic E-state index is 0.118. The molecule has 23 heavy (non-hydrogen) atoms. The van der Waals surface area contributed by atoms with E-state index in [0.29, 0.717) is 6.54 Å². The highest BCUT2D eigenvalue weighted by Gasteiger charge is 2.55. The third-order valence-electron chi connectivity index (χ3n) is 3.86. The number of urea groups is 1. The molecule has 0 bridgehead atoms. The van der Waals surface area contributed by atoms with Gasteiger partial charge in [-0.25, -0.2) is 4.79 Å². The molecule has 1 saturated heterocycles. The molecule has 1 heterocycles. The monoisotopic (exact) mass is 339 g/mol. The maximum absolute atomic E-state index is 12.9. The van der Waals surface area contributed by atoms with Crippen molar-refractivity contribution in [2.24, 2.45) is 5.92 Å². The normalized spacial score (nSPS) is 24.3. The number of alkyl halides is 3. The third kappa shape index (κ3) is 5.35. The summed E-state index contributed by atoms with van der Waals surface area (Å²) in [4.78, 5) is 24.8. The van der Waals surface area contributed by atoms with Gasteiger partial charge >= 0.3 is 12.2 Å². The Balaban J connectivity index is 2.61. The Morgan fingerprint density at radius 3 is 2.43 bits per heavy atom. The summed E-state index contributed by atoms with van der Waals surface area (Å²) in [6, 6.07) is -1.63. The van der Waals surface area contributed by atoms with Crippen LogP contribution in [-0.4, -0.2) is 59.4 Å². The molecule has 0 radical (unpaired) electrons. The zero-order valence-electron chi connectivity index (χ0n) is 13.5. The van der Waals surface area contributed by atoms with Gasteiger partial charge in [-0.1, -0.05) is 13.8 Å². The number of carbonyl (C=O) groups is 2. The maximum atomic E-state index is 12.9. The van der Waals surface area contributed by atoms with Gasteiger partial charge in [-0.15, -0.1) is 0 Å². The molecule has 0 aromatic carbocycles. The van der Waals surface area contributed by atoms with E-state index >= 15 is 0 Å². The zero-order chi connectivity index (χ0) is 17.8. The highest BCUT2D eigenvalue weighted by Crippen LogP contribution is 2.37. The molecule has 9 heteroatoms. The number of aliphatic hydroxyl groups is 1. The van der Waals surface area contributed by atoms with Gasteiger partial charge in [0.05, 0.1) is 6.04 Å². The van der Waals surface area contributed by atoms with Crippen LogP contribution in [-0.2, 0) is 4.79 Å². The Morgan fingerprint density at radius 2 is 1.91 bits per heavy atom. The number of hydrogen-bond donors (Lipinski definition) is 3. The first-order chi connectivity index (χ1) is 10.5. The van der Waals surface area contributed by atoms with Crippen LogP contribution in [0.25, 0.3) is 0 Å². The molecule has 3 amide bonds. The van der Waals surface area contributed by atoms with E-state index in [0.717, 1.165) is 0 Å². The van der Waals surface area contributed by atoms with E-state index in [1.165, 1.54) is 11.8 Å². The fourth-order valence-electron chi connectivity index (χ4n) is 2.35. The first-order valence-electron chi connectivity index (χ1n) is 7.58. The van der Waals surface area contributed by atoms with Gasteiger partial charge in [-0.2, -0.15) is 13.2 Å². The van der Waals surface area contributed by atoms with Crippen molar-refractivity contribution in [3.8, 4) is 0 Å². The predicted octanol–water partition coefficient (Wildman–Crippen LogP) is 1.25. The summed E-state index contributed by atoms with van der Waals surface area (Å²) in [5, 5.41) is 14.4. The molecule has 0 unspecified atom stereocenters. The van der Waals surface area contributed by atoms with Gasteiger partial charge in [0.25, 0.3) is 0 Å². The van der Waals surface area contributed by atoms with Crippen LogP contribution in [0.1, 0.15) is 33.6 Å². The molecule has 0 aromatic rings. The summed E-state index contributed by atoms with van der Waals surface area (Å²) in [5.41, 5.74) is -2.82. The molecule has 6 nitrogen and oxygen atoms in total. The van der Waals surface area contributed by atoms with Crippen molar-refractivity contribution >= 4 is 11.9 Å². The van der Waals surface area contributed by atoms with Crippen LogP contribution in [0.2, 0.25) is 0 Å². The number of β-amino-alcohol motifs (C(OH)–C–C–N with tert-alkyl or cyclic N) is 1. The molecule has 1 aliphatic rings. The summed E-state index contributed by atoms with van der Waals surface area (Å²) >= 11 is 0. The van der Waals surface area contributed by atoms with E-state index in [9.17, 15) is 27.9 Å². The van der Waals surface area contributed by atoms with Gasteiger partial charge in [0, 0.05) is 13.1 Å². The van der Waals surface area contributed by atoms with Crippen LogP contribution in [0.4, 0.5) is 18.0 Å². The van der Waals surface area contributed by atoms with Gasteiger partial charge in [-0.3, -0.25) is 15.0 Å². The Morgan fingerprint density at radius 1 is 1.30 bits per heavy atom. The number of likely N-dealkylation sites (tertiary alicyclic amines) is 1.